The van der Waals surface area contributed by atoms with E-state index in [2.05, 4.69) is 6.07 Å². The van der Waals surface area contributed by atoms with Gasteiger partial charge >= 0.3 is 5.97 Å². The Morgan fingerprint density at radius 3 is 2.55 bits per heavy atom. The first-order valence-corrected chi connectivity index (χ1v) is 11.7. The van der Waals surface area contributed by atoms with Gasteiger partial charge in [-0.2, -0.15) is 4.31 Å². The lowest BCUT2D eigenvalue weighted by atomic mass is 9.99. The van der Waals surface area contributed by atoms with Gasteiger partial charge in [-0.1, -0.05) is 12.1 Å². The van der Waals surface area contributed by atoms with Crippen molar-refractivity contribution < 1.29 is 17.9 Å². The molecular weight excluding hydrogens is 408 g/mol. The summed E-state index contributed by atoms with van der Waals surface area (Å²) >= 11 is 1.69. The molecule has 152 valence electrons. The summed E-state index contributed by atoms with van der Waals surface area (Å²) in [4.78, 5) is 16.7. The minimum Gasteiger partial charge on any atom is -0.465 e. The first kappa shape index (κ1) is 20.0. The predicted octanol–water partition coefficient (Wildman–Crippen LogP) is 3.96. The molecule has 0 bridgehead atoms. The number of benzene rings is 2. The molecule has 2 heterocycles. The Hall–Kier alpha value is -2.29. The van der Waals surface area contributed by atoms with Gasteiger partial charge in [-0.25, -0.2) is 18.2 Å². The highest BCUT2D eigenvalue weighted by Crippen LogP contribution is 2.35. The number of fused-ring (bicyclic) bond motifs is 1. The zero-order valence-corrected chi connectivity index (χ0v) is 17.9. The Bertz CT molecular complexity index is 1130. The number of carbonyl (C=O) groups excluding carboxylic acids is 1. The summed E-state index contributed by atoms with van der Waals surface area (Å²) < 4.78 is 33.7. The maximum atomic E-state index is 13.1. The molecule has 0 aliphatic carbocycles. The first-order valence-electron chi connectivity index (χ1n) is 9.45. The maximum Gasteiger partial charge on any atom is 0.337 e. The van der Waals surface area contributed by atoms with Gasteiger partial charge in [0.2, 0.25) is 10.0 Å². The molecule has 4 rings (SSSR count). The number of thiazole rings is 1. The van der Waals surface area contributed by atoms with E-state index in [1.165, 1.54) is 28.2 Å². The lowest BCUT2D eigenvalue weighted by molar-refractivity contribution is 0.0600. The van der Waals surface area contributed by atoms with Gasteiger partial charge in [0.25, 0.3) is 0 Å². The molecule has 1 aromatic heterocycles. The quantitative estimate of drug-likeness (QED) is 0.586. The van der Waals surface area contributed by atoms with Gasteiger partial charge in [0, 0.05) is 19.0 Å². The molecular formula is C21H22N2O4S2. The highest BCUT2D eigenvalue weighted by atomic mass is 32.2. The van der Waals surface area contributed by atoms with Crippen LogP contribution in [0.2, 0.25) is 0 Å². The summed E-state index contributed by atoms with van der Waals surface area (Å²) in [5.41, 5.74) is 1.89. The number of hydrogen-bond acceptors (Lipinski definition) is 6. The van der Waals surface area contributed by atoms with E-state index in [9.17, 15) is 13.2 Å². The second-order valence-electron chi connectivity index (χ2n) is 7.17. The molecule has 0 amide bonds. The van der Waals surface area contributed by atoms with Crippen molar-refractivity contribution in [3.63, 3.8) is 0 Å². The van der Waals surface area contributed by atoms with E-state index >= 15 is 0 Å². The number of sulfonamides is 1. The Morgan fingerprint density at radius 1 is 1.17 bits per heavy atom. The zero-order chi connectivity index (χ0) is 20.6. The fourth-order valence-electron chi connectivity index (χ4n) is 3.73. The normalized spacial score (nSPS) is 16.2. The smallest absolute Gasteiger partial charge is 0.337 e. The summed E-state index contributed by atoms with van der Waals surface area (Å²) in [5, 5.41) is 1.09. The number of rotatable bonds is 4. The number of piperidine rings is 1. The van der Waals surface area contributed by atoms with Crippen molar-refractivity contribution in [1.82, 2.24) is 9.29 Å². The van der Waals surface area contributed by atoms with Crippen LogP contribution in [-0.4, -0.2) is 43.9 Å². The third kappa shape index (κ3) is 3.80. The molecule has 1 aliphatic heterocycles. The van der Waals surface area contributed by atoms with Gasteiger partial charge in [-0.3, -0.25) is 0 Å². The molecule has 0 N–H and O–H groups in total. The van der Waals surface area contributed by atoms with Crippen LogP contribution in [-0.2, 0) is 14.8 Å². The third-order valence-electron chi connectivity index (χ3n) is 5.33. The summed E-state index contributed by atoms with van der Waals surface area (Å²) in [5.74, 6) is -0.199. The molecule has 0 spiro atoms. The lowest BCUT2D eigenvalue weighted by Gasteiger charge is -2.30. The highest BCUT2D eigenvalue weighted by molar-refractivity contribution is 7.89. The topological polar surface area (TPSA) is 76.6 Å². The van der Waals surface area contributed by atoms with Gasteiger partial charge in [0.15, 0.2) is 0 Å². The minimum atomic E-state index is -3.61. The molecule has 0 saturated carbocycles. The van der Waals surface area contributed by atoms with Crippen molar-refractivity contribution in [1.29, 1.82) is 0 Å². The van der Waals surface area contributed by atoms with Gasteiger partial charge in [-0.15, -0.1) is 11.3 Å². The van der Waals surface area contributed by atoms with Crippen LogP contribution >= 0.6 is 11.3 Å². The van der Waals surface area contributed by atoms with Gasteiger partial charge in [-0.05, 0) is 55.7 Å². The Morgan fingerprint density at radius 2 is 1.90 bits per heavy atom. The molecule has 0 atom stereocenters. The van der Waals surface area contributed by atoms with Crippen molar-refractivity contribution >= 4 is 37.5 Å². The van der Waals surface area contributed by atoms with Gasteiger partial charge in [0.1, 0.15) is 0 Å². The average Bonchev–Trinajstić information content (AvgIpc) is 3.17. The average molecular weight is 431 g/mol. The van der Waals surface area contributed by atoms with Crippen LogP contribution < -0.4 is 0 Å². The van der Waals surface area contributed by atoms with E-state index < -0.39 is 16.0 Å². The fourth-order valence-corrected chi connectivity index (χ4v) is 6.54. The van der Waals surface area contributed by atoms with Gasteiger partial charge < -0.3 is 4.74 Å². The second-order valence-corrected chi connectivity index (χ2v) is 10.1. The van der Waals surface area contributed by atoms with E-state index in [-0.39, 0.29) is 10.8 Å². The molecule has 3 aromatic rings. The second kappa shape index (κ2) is 7.85. The van der Waals surface area contributed by atoms with E-state index in [1.807, 2.05) is 18.2 Å². The highest BCUT2D eigenvalue weighted by Gasteiger charge is 2.32. The summed E-state index contributed by atoms with van der Waals surface area (Å²) in [6.45, 7) is 2.62. The van der Waals surface area contributed by atoms with Gasteiger partial charge in [0.05, 0.1) is 32.8 Å². The fraction of sp³-hybridized carbons (Fsp3) is 0.333. The van der Waals surface area contributed by atoms with Crippen LogP contribution in [0.15, 0.2) is 47.4 Å². The van der Waals surface area contributed by atoms with E-state index in [1.54, 1.807) is 24.3 Å². The van der Waals surface area contributed by atoms with Crippen LogP contribution in [0.5, 0.6) is 0 Å². The molecule has 29 heavy (non-hydrogen) atoms. The van der Waals surface area contributed by atoms with Crippen LogP contribution in [0.1, 0.15) is 39.7 Å². The van der Waals surface area contributed by atoms with E-state index in [0.29, 0.717) is 24.2 Å². The number of methoxy groups -OCH3 is 1. The molecule has 6 nitrogen and oxygen atoms in total. The molecule has 1 fully saturated rings. The van der Waals surface area contributed by atoms with E-state index in [4.69, 9.17) is 9.72 Å². The number of ether oxygens (including phenoxy) is 1. The third-order valence-corrected chi connectivity index (χ3v) is 8.59. The summed E-state index contributed by atoms with van der Waals surface area (Å²) in [6.07, 6.45) is 1.50. The van der Waals surface area contributed by atoms with Crippen LogP contribution in [0.4, 0.5) is 0 Å². The standard InChI is InChI=1S/C21H22N2O4S2/c1-14-13-16(21(24)27-2)7-8-19(14)29(25,26)23-11-9-15(10-12-23)20-22-17-5-3-4-6-18(17)28-20/h3-8,13,15H,9-12H2,1-2H3. The zero-order valence-electron chi connectivity index (χ0n) is 16.3. The van der Waals surface area contributed by atoms with Crippen molar-refractivity contribution in [2.75, 3.05) is 20.2 Å². The minimum absolute atomic E-state index is 0.239. The Kier molecular flexibility index (Phi) is 5.42. The number of esters is 1. The monoisotopic (exact) mass is 430 g/mol. The van der Waals surface area contributed by atoms with Crippen molar-refractivity contribution in [3.8, 4) is 0 Å². The molecule has 2 aromatic carbocycles. The number of nitrogens with zero attached hydrogens (tertiary/aromatic N) is 2. The number of hydrogen-bond donors (Lipinski definition) is 0. The SMILES string of the molecule is COC(=O)c1ccc(S(=O)(=O)N2CCC(c3nc4ccccc4s3)CC2)c(C)c1. The maximum absolute atomic E-state index is 13.1. The number of aromatic nitrogens is 1. The summed E-state index contributed by atoms with van der Waals surface area (Å²) in [7, 11) is -2.30. The number of aryl methyl sites for hydroxylation is 1. The molecule has 1 aliphatic rings. The first-order chi connectivity index (χ1) is 13.9. The van der Waals surface area contributed by atoms with Crippen LogP contribution in [0.25, 0.3) is 10.2 Å². The number of carbonyl (C=O) groups is 1. The number of para-hydroxylation sites is 1. The summed E-state index contributed by atoms with van der Waals surface area (Å²) in [6, 6.07) is 12.6. The van der Waals surface area contributed by atoms with E-state index in [0.717, 1.165) is 23.4 Å². The Labute approximate surface area is 174 Å². The molecule has 0 radical (unpaired) electrons. The lowest BCUT2D eigenvalue weighted by Crippen LogP contribution is -2.38. The molecule has 1 saturated heterocycles. The predicted molar refractivity (Wildman–Crippen MR) is 113 cm³/mol. The Balaban J connectivity index is 1.50. The van der Waals surface area contributed by atoms with Crippen molar-refractivity contribution in [2.45, 2.75) is 30.6 Å². The van der Waals surface area contributed by atoms with Crippen molar-refractivity contribution in [2.24, 2.45) is 0 Å². The van der Waals surface area contributed by atoms with Crippen LogP contribution in [0, 0.1) is 6.92 Å². The largest absolute Gasteiger partial charge is 0.465 e. The molecule has 0 unspecified atom stereocenters. The van der Waals surface area contributed by atoms with Crippen molar-refractivity contribution in [3.05, 3.63) is 58.6 Å². The molecule has 8 heteroatoms. The van der Waals surface area contributed by atoms with Crippen LogP contribution in [0.3, 0.4) is 0 Å².